The fourth-order valence-electron chi connectivity index (χ4n) is 2.06. The molecule has 0 saturated heterocycles. The van der Waals surface area contributed by atoms with Gasteiger partial charge in [-0.25, -0.2) is 0 Å². The van der Waals surface area contributed by atoms with Crippen molar-refractivity contribution in [1.29, 1.82) is 0 Å². The highest BCUT2D eigenvalue weighted by Gasteiger charge is 2.26. The lowest BCUT2D eigenvalue weighted by Gasteiger charge is -2.27. The number of hydrogen-bond acceptors (Lipinski definition) is 3. The van der Waals surface area contributed by atoms with Gasteiger partial charge in [-0.15, -0.1) is 0 Å². The van der Waals surface area contributed by atoms with Crippen molar-refractivity contribution in [3.05, 3.63) is 0 Å². The highest BCUT2D eigenvalue weighted by molar-refractivity contribution is 5.79. The first-order valence-electron chi connectivity index (χ1n) is 5.76. The average molecular weight is 228 g/mol. The molecule has 1 amide bonds. The Hall–Kier alpha value is -1.10. The first-order chi connectivity index (χ1) is 7.50. The number of carbonyl (C=O) groups excluding carboxylic acids is 1. The van der Waals surface area contributed by atoms with Crippen LogP contribution in [-0.2, 0) is 9.59 Å². The topological polar surface area (TPSA) is 92.4 Å². The van der Waals surface area contributed by atoms with Crippen LogP contribution in [0, 0.1) is 11.8 Å². The summed E-state index contributed by atoms with van der Waals surface area (Å²) >= 11 is 0. The molecule has 0 aromatic rings. The zero-order chi connectivity index (χ0) is 12.1. The summed E-state index contributed by atoms with van der Waals surface area (Å²) in [5, 5.41) is 11.9. The molecular weight excluding hydrogens is 208 g/mol. The van der Waals surface area contributed by atoms with E-state index < -0.39 is 5.97 Å². The van der Waals surface area contributed by atoms with Gasteiger partial charge in [0.05, 0.1) is 12.0 Å². The number of carboxylic acid groups (broad SMARTS) is 1. The third-order valence-corrected chi connectivity index (χ3v) is 3.34. The Bertz CT molecular complexity index is 260. The van der Waals surface area contributed by atoms with E-state index in [0.29, 0.717) is 5.92 Å². The summed E-state index contributed by atoms with van der Waals surface area (Å²) in [6.07, 6.45) is 3.31. The second-order valence-corrected chi connectivity index (χ2v) is 4.59. The number of nitrogens with two attached hydrogens (primary N) is 1. The summed E-state index contributed by atoms with van der Waals surface area (Å²) in [7, 11) is 0. The van der Waals surface area contributed by atoms with Gasteiger partial charge in [-0.05, 0) is 45.1 Å². The van der Waals surface area contributed by atoms with Crippen molar-refractivity contribution in [2.24, 2.45) is 17.6 Å². The minimum Gasteiger partial charge on any atom is -0.481 e. The fourth-order valence-corrected chi connectivity index (χ4v) is 2.06. The molecule has 0 aromatic carbocycles. The van der Waals surface area contributed by atoms with Crippen LogP contribution in [0.5, 0.6) is 0 Å². The van der Waals surface area contributed by atoms with E-state index in [9.17, 15) is 9.59 Å². The molecule has 1 rings (SSSR count). The maximum Gasteiger partial charge on any atom is 0.306 e. The van der Waals surface area contributed by atoms with Gasteiger partial charge in [-0.1, -0.05) is 0 Å². The molecule has 5 heteroatoms. The molecule has 0 heterocycles. The first-order valence-corrected chi connectivity index (χ1v) is 5.76. The van der Waals surface area contributed by atoms with Crippen LogP contribution in [0.3, 0.4) is 0 Å². The highest BCUT2D eigenvalue weighted by atomic mass is 16.4. The number of primary amides is 1. The molecule has 1 aliphatic rings. The van der Waals surface area contributed by atoms with Crippen molar-refractivity contribution in [1.82, 2.24) is 5.32 Å². The monoisotopic (exact) mass is 228 g/mol. The van der Waals surface area contributed by atoms with Crippen LogP contribution in [0.1, 0.15) is 32.6 Å². The molecule has 0 aliphatic heterocycles. The number of carboxylic acids is 1. The largest absolute Gasteiger partial charge is 0.481 e. The Morgan fingerprint density at radius 2 is 1.94 bits per heavy atom. The van der Waals surface area contributed by atoms with E-state index in [1.807, 2.05) is 0 Å². The zero-order valence-corrected chi connectivity index (χ0v) is 9.61. The van der Waals surface area contributed by atoms with E-state index in [1.54, 1.807) is 6.92 Å². The van der Waals surface area contributed by atoms with Crippen LogP contribution in [0.15, 0.2) is 0 Å². The van der Waals surface area contributed by atoms with E-state index in [4.69, 9.17) is 10.8 Å². The number of carbonyl (C=O) groups is 2. The van der Waals surface area contributed by atoms with Gasteiger partial charge in [0, 0.05) is 0 Å². The highest BCUT2D eigenvalue weighted by Crippen LogP contribution is 2.28. The Morgan fingerprint density at radius 3 is 2.38 bits per heavy atom. The van der Waals surface area contributed by atoms with E-state index in [1.165, 1.54) is 0 Å². The Balaban J connectivity index is 2.22. The van der Waals surface area contributed by atoms with Crippen LogP contribution in [0.4, 0.5) is 0 Å². The smallest absolute Gasteiger partial charge is 0.306 e. The molecule has 1 fully saturated rings. The van der Waals surface area contributed by atoms with Gasteiger partial charge in [0.15, 0.2) is 0 Å². The number of hydrogen-bond donors (Lipinski definition) is 3. The van der Waals surface area contributed by atoms with Crippen LogP contribution in [-0.4, -0.2) is 29.6 Å². The maximum absolute atomic E-state index is 10.8. The van der Waals surface area contributed by atoms with Gasteiger partial charge < -0.3 is 16.2 Å². The second-order valence-electron chi connectivity index (χ2n) is 4.59. The van der Waals surface area contributed by atoms with Gasteiger partial charge >= 0.3 is 5.97 Å². The standard InChI is InChI=1S/C11H20N2O3/c1-7(10(12)14)13-6-8-2-4-9(5-3-8)11(15)16/h7-9,13H,2-6H2,1H3,(H2,12,14)(H,15,16). The SMILES string of the molecule is CC(NCC1CCC(C(=O)O)CC1)C(N)=O. The summed E-state index contributed by atoms with van der Waals surface area (Å²) < 4.78 is 0. The summed E-state index contributed by atoms with van der Waals surface area (Å²) in [6, 6.07) is -0.308. The predicted molar refractivity (Wildman–Crippen MR) is 59.7 cm³/mol. The molecule has 4 N–H and O–H groups in total. The molecule has 5 nitrogen and oxygen atoms in total. The molecule has 1 atom stereocenters. The number of nitrogens with one attached hydrogen (secondary N) is 1. The van der Waals surface area contributed by atoms with E-state index in [2.05, 4.69) is 5.32 Å². The number of amides is 1. The minimum atomic E-state index is -0.683. The molecule has 0 spiro atoms. The molecule has 0 aromatic heterocycles. The van der Waals surface area contributed by atoms with Crippen molar-refractivity contribution in [3.8, 4) is 0 Å². The molecule has 1 aliphatic carbocycles. The maximum atomic E-state index is 10.8. The van der Waals surface area contributed by atoms with E-state index in [-0.39, 0.29) is 17.9 Å². The lowest BCUT2D eigenvalue weighted by atomic mass is 9.82. The quantitative estimate of drug-likeness (QED) is 0.632. The first kappa shape index (κ1) is 13.0. The zero-order valence-electron chi connectivity index (χ0n) is 9.61. The van der Waals surface area contributed by atoms with E-state index in [0.717, 1.165) is 32.2 Å². The fraction of sp³-hybridized carbons (Fsp3) is 0.818. The third kappa shape index (κ3) is 3.81. The molecule has 16 heavy (non-hydrogen) atoms. The Morgan fingerprint density at radius 1 is 1.38 bits per heavy atom. The molecule has 92 valence electrons. The number of aliphatic carboxylic acids is 1. The van der Waals surface area contributed by atoms with Gasteiger partial charge in [-0.3, -0.25) is 9.59 Å². The lowest BCUT2D eigenvalue weighted by Crippen LogP contribution is -2.41. The minimum absolute atomic E-state index is 0.176. The van der Waals surface area contributed by atoms with Gasteiger partial charge in [0.1, 0.15) is 0 Å². The van der Waals surface area contributed by atoms with Crippen LogP contribution >= 0.6 is 0 Å². The Labute approximate surface area is 95.4 Å². The molecule has 1 unspecified atom stereocenters. The summed E-state index contributed by atoms with van der Waals surface area (Å²) in [5.74, 6) is -0.738. The summed E-state index contributed by atoms with van der Waals surface area (Å²) in [5.41, 5.74) is 5.13. The lowest BCUT2D eigenvalue weighted by molar-refractivity contribution is -0.143. The molecule has 0 radical (unpaired) electrons. The predicted octanol–water partition coefficient (Wildman–Crippen LogP) is 0.341. The van der Waals surface area contributed by atoms with Crippen molar-refractivity contribution in [3.63, 3.8) is 0 Å². The van der Waals surface area contributed by atoms with E-state index >= 15 is 0 Å². The van der Waals surface area contributed by atoms with Gasteiger partial charge in [-0.2, -0.15) is 0 Å². The Kier molecular flexibility index (Phi) is 4.73. The average Bonchev–Trinajstić information content (AvgIpc) is 2.26. The van der Waals surface area contributed by atoms with Gasteiger partial charge in [0.25, 0.3) is 0 Å². The second kappa shape index (κ2) is 5.84. The molecule has 1 saturated carbocycles. The van der Waals surface area contributed by atoms with Crippen molar-refractivity contribution < 1.29 is 14.7 Å². The molecular formula is C11H20N2O3. The van der Waals surface area contributed by atoms with Crippen molar-refractivity contribution in [2.45, 2.75) is 38.6 Å². The van der Waals surface area contributed by atoms with Crippen LogP contribution < -0.4 is 11.1 Å². The third-order valence-electron chi connectivity index (χ3n) is 3.34. The normalized spacial score (nSPS) is 27.3. The summed E-state index contributed by atoms with van der Waals surface area (Å²) in [4.78, 5) is 21.5. The summed E-state index contributed by atoms with van der Waals surface area (Å²) in [6.45, 7) is 2.49. The van der Waals surface area contributed by atoms with Crippen molar-refractivity contribution in [2.75, 3.05) is 6.54 Å². The van der Waals surface area contributed by atoms with Crippen LogP contribution in [0.2, 0.25) is 0 Å². The van der Waals surface area contributed by atoms with Gasteiger partial charge in [0.2, 0.25) is 5.91 Å². The van der Waals surface area contributed by atoms with Crippen LogP contribution in [0.25, 0.3) is 0 Å². The molecule has 0 bridgehead atoms. The van der Waals surface area contributed by atoms with Crippen molar-refractivity contribution >= 4 is 11.9 Å². The number of rotatable bonds is 5.